The van der Waals surface area contributed by atoms with E-state index in [1.165, 1.54) is 5.56 Å². The second kappa shape index (κ2) is 5.97. The first-order valence-electron chi connectivity index (χ1n) is 6.53. The molecule has 5 heteroatoms. The van der Waals surface area contributed by atoms with Gasteiger partial charge in [0.2, 0.25) is 0 Å². The summed E-state index contributed by atoms with van der Waals surface area (Å²) in [5.41, 5.74) is 1.32. The molecule has 0 amide bonds. The van der Waals surface area contributed by atoms with Crippen LogP contribution in [0.15, 0.2) is 35.1 Å². The van der Waals surface area contributed by atoms with Gasteiger partial charge in [0.15, 0.2) is 5.75 Å². The summed E-state index contributed by atoms with van der Waals surface area (Å²) in [5.74, 6) is 1.52. The molecule has 0 bridgehead atoms. The van der Waals surface area contributed by atoms with E-state index in [9.17, 15) is 0 Å². The van der Waals surface area contributed by atoms with Gasteiger partial charge in [0.05, 0.1) is 16.9 Å². The molecule has 0 atom stereocenters. The molecule has 2 aromatic rings. The smallest absolute Gasteiger partial charge is 0.165 e. The Bertz CT molecular complexity index is 587. The largest absolute Gasteiger partial charge is 0.453 e. The predicted molar refractivity (Wildman–Crippen MR) is 84.0 cm³/mol. The highest BCUT2D eigenvalue weighted by molar-refractivity contribution is 9.10. The quantitative estimate of drug-likeness (QED) is 0.920. The molecule has 4 nitrogen and oxygen atoms in total. The maximum absolute atomic E-state index is 5.78. The third kappa shape index (κ3) is 4.35. The zero-order chi connectivity index (χ0) is 14.8. The molecular weight excluding hydrogens is 318 g/mol. The molecule has 1 aromatic heterocycles. The van der Waals surface area contributed by atoms with Crippen molar-refractivity contribution < 1.29 is 4.74 Å². The van der Waals surface area contributed by atoms with E-state index in [2.05, 4.69) is 59.2 Å². The lowest BCUT2D eigenvalue weighted by Crippen LogP contribution is -2.35. The molecule has 0 aliphatic carbocycles. The maximum atomic E-state index is 5.78. The molecule has 1 aromatic carbocycles. The summed E-state index contributed by atoms with van der Waals surface area (Å²) < 4.78 is 8.43. The number of halogens is 1. The molecule has 1 N–H and O–H groups in total. The summed E-state index contributed by atoms with van der Waals surface area (Å²) in [6, 6.07) is 6.11. The average Bonchev–Trinajstić information content (AvgIpc) is 2.74. The number of benzene rings is 1. The van der Waals surface area contributed by atoms with Crippen LogP contribution in [0.1, 0.15) is 26.3 Å². The van der Waals surface area contributed by atoms with Crippen LogP contribution in [0.25, 0.3) is 0 Å². The highest BCUT2D eigenvalue weighted by Crippen LogP contribution is 2.30. The van der Waals surface area contributed by atoms with E-state index in [1.807, 2.05) is 19.3 Å². The molecule has 0 radical (unpaired) electrons. The molecule has 20 heavy (non-hydrogen) atoms. The summed E-state index contributed by atoms with van der Waals surface area (Å²) in [5, 5.41) is 7.55. The number of hydrogen-bond acceptors (Lipinski definition) is 3. The predicted octanol–water partition coefficient (Wildman–Crippen LogP) is 3.86. The molecule has 0 saturated carbocycles. The van der Waals surface area contributed by atoms with Gasteiger partial charge < -0.3 is 10.1 Å². The van der Waals surface area contributed by atoms with Gasteiger partial charge in [0.1, 0.15) is 5.75 Å². The van der Waals surface area contributed by atoms with Crippen LogP contribution in [-0.4, -0.2) is 15.3 Å². The summed E-state index contributed by atoms with van der Waals surface area (Å²) in [4.78, 5) is 0. The summed E-state index contributed by atoms with van der Waals surface area (Å²) in [6.07, 6.45) is 3.53. The van der Waals surface area contributed by atoms with Crippen LogP contribution in [0.5, 0.6) is 11.5 Å². The van der Waals surface area contributed by atoms with Crippen LogP contribution in [0.3, 0.4) is 0 Å². The van der Waals surface area contributed by atoms with Crippen LogP contribution >= 0.6 is 15.9 Å². The zero-order valence-electron chi connectivity index (χ0n) is 12.3. The van der Waals surface area contributed by atoms with Crippen molar-refractivity contribution in [3.05, 3.63) is 40.6 Å². The first-order valence-corrected chi connectivity index (χ1v) is 7.33. The van der Waals surface area contributed by atoms with Crippen LogP contribution in [0, 0.1) is 0 Å². The monoisotopic (exact) mass is 337 g/mol. The normalized spacial score (nSPS) is 11.7. The topological polar surface area (TPSA) is 39.1 Å². The maximum Gasteiger partial charge on any atom is 0.165 e. The van der Waals surface area contributed by atoms with E-state index in [0.29, 0.717) is 0 Å². The van der Waals surface area contributed by atoms with Crippen molar-refractivity contribution in [2.75, 3.05) is 0 Å². The van der Waals surface area contributed by atoms with Gasteiger partial charge in [0, 0.05) is 19.1 Å². The molecule has 0 aliphatic rings. The molecule has 2 rings (SSSR count). The molecule has 0 unspecified atom stereocenters. The van der Waals surface area contributed by atoms with Crippen molar-refractivity contribution in [1.82, 2.24) is 15.1 Å². The molecule has 0 aliphatic heterocycles. The van der Waals surface area contributed by atoms with E-state index in [0.717, 1.165) is 22.5 Å². The lowest BCUT2D eigenvalue weighted by Gasteiger charge is -2.20. The van der Waals surface area contributed by atoms with Crippen LogP contribution in [0.2, 0.25) is 0 Å². The Morgan fingerprint density at radius 2 is 2.10 bits per heavy atom. The van der Waals surface area contributed by atoms with E-state index in [4.69, 9.17) is 4.74 Å². The van der Waals surface area contributed by atoms with Gasteiger partial charge in [-0.3, -0.25) is 4.68 Å². The van der Waals surface area contributed by atoms with Gasteiger partial charge in [-0.1, -0.05) is 6.07 Å². The number of aryl methyl sites for hydroxylation is 1. The first kappa shape index (κ1) is 15.1. The minimum absolute atomic E-state index is 0.108. The second-order valence-electron chi connectivity index (χ2n) is 5.82. The van der Waals surface area contributed by atoms with Crippen LogP contribution in [0.4, 0.5) is 0 Å². The fourth-order valence-electron chi connectivity index (χ4n) is 1.68. The van der Waals surface area contributed by atoms with E-state index in [1.54, 1.807) is 10.9 Å². The zero-order valence-corrected chi connectivity index (χ0v) is 13.9. The number of nitrogens with one attached hydrogen (secondary N) is 1. The highest BCUT2D eigenvalue weighted by atomic mass is 79.9. The van der Waals surface area contributed by atoms with Gasteiger partial charge in [0.25, 0.3) is 0 Å². The van der Waals surface area contributed by atoms with E-state index < -0.39 is 0 Å². The Morgan fingerprint density at radius 1 is 1.35 bits per heavy atom. The molecule has 1 heterocycles. The van der Waals surface area contributed by atoms with Crippen molar-refractivity contribution >= 4 is 15.9 Å². The number of hydrogen-bond donors (Lipinski definition) is 1. The molecule has 0 spiro atoms. The van der Waals surface area contributed by atoms with Gasteiger partial charge in [-0.2, -0.15) is 5.10 Å². The summed E-state index contributed by atoms with van der Waals surface area (Å²) in [6.45, 7) is 7.29. The van der Waals surface area contributed by atoms with Crippen molar-refractivity contribution in [1.29, 1.82) is 0 Å². The molecule has 0 saturated heterocycles. The van der Waals surface area contributed by atoms with Crippen molar-refractivity contribution in [2.24, 2.45) is 7.05 Å². The number of rotatable bonds is 4. The van der Waals surface area contributed by atoms with E-state index in [-0.39, 0.29) is 5.54 Å². The third-order valence-electron chi connectivity index (χ3n) is 2.73. The van der Waals surface area contributed by atoms with Gasteiger partial charge >= 0.3 is 0 Å². The first-order chi connectivity index (χ1) is 9.33. The van der Waals surface area contributed by atoms with Gasteiger partial charge in [-0.25, -0.2) is 0 Å². The minimum atomic E-state index is 0.108. The molecule has 0 fully saturated rings. The van der Waals surface area contributed by atoms with Crippen LogP contribution < -0.4 is 10.1 Å². The SMILES string of the molecule is Cn1cc(Oc2ccc(CNC(C)(C)C)cc2Br)cn1. The second-order valence-corrected chi connectivity index (χ2v) is 6.67. The molecular formula is C15H20BrN3O. The number of aromatic nitrogens is 2. The fraction of sp³-hybridized carbons (Fsp3) is 0.400. The standard InChI is InChI=1S/C15H20BrN3O/c1-15(2,3)17-8-11-5-6-14(13(16)7-11)20-12-9-18-19(4)10-12/h5-7,9-10,17H,8H2,1-4H3. The lowest BCUT2D eigenvalue weighted by molar-refractivity contribution is 0.424. The van der Waals surface area contributed by atoms with Crippen molar-refractivity contribution in [3.63, 3.8) is 0 Å². The minimum Gasteiger partial charge on any atom is -0.453 e. The Hall–Kier alpha value is -1.33. The summed E-state index contributed by atoms with van der Waals surface area (Å²) >= 11 is 3.55. The number of nitrogens with zero attached hydrogens (tertiary/aromatic N) is 2. The van der Waals surface area contributed by atoms with Crippen molar-refractivity contribution in [3.8, 4) is 11.5 Å². The van der Waals surface area contributed by atoms with Gasteiger partial charge in [-0.15, -0.1) is 0 Å². The van der Waals surface area contributed by atoms with Gasteiger partial charge in [-0.05, 0) is 54.4 Å². The Morgan fingerprint density at radius 3 is 2.65 bits per heavy atom. The highest BCUT2D eigenvalue weighted by Gasteiger charge is 2.10. The Kier molecular flexibility index (Phi) is 4.50. The average molecular weight is 338 g/mol. The van der Waals surface area contributed by atoms with Crippen LogP contribution in [-0.2, 0) is 13.6 Å². The Balaban J connectivity index is 2.06. The third-order valence-corrected chi connectivity index (χ3v) is 3.35. The lowest BCUT2D eigenvalue weighted by atomic mass is 10.1. The summed E-state index contributed by atoms with van der Waals surface area (Å²) in [7, 11) is 1.86. The van der Waals surface area contributed by atoms with Crippen molar-refractivity contribution in [2.45, 2.75) is 32.9 Å². The molecule has 108 valence electrons. The Labute approximate surface area is 128 Å². The number of ether oxygens (including phenoxy) is 1. The van der Waals surface area contributed by atoms with E-state index >= 15 is 0 Å². The fourth-order valence-corrected chi connectivity index (χ4v) is 2.19.